The van der Waals surface area contributed by atoms with E-state index < -0.39 is 11.9 Å². The van der Waals surface area contributed by atoms with Crippen LogP contribution in [-0.4, -0.2) is 45.1 Å². The molecule has 4 rings (SSSR count). The van der Waals surface area contributed by atoms with Gasteiger partial charge < -0.3 is 15.2 Å². The van der Waals surface area contributed by atoms with Gasteiger partial charge in [-0.3, -0.25) is 4.90 Å². The predicted octanol–water partition coefficient (Wildman–Crippen LogP) is 4.09. The number of aryl methyl sites for hydroxylation is 1. The van der Waals surface area contributed by atoms with Crippen molar-refractivity contribution in [3.8, 4) is 0 Å². The molecule has 2 aromatic carbocycles. The highest BCUT2D eigenvalue weighted by Gasteiger charge is 2.21. The number of nitrogens with zero attached hydrogens (tertiary/aromatic N) is 1. The number of hydrogen-bond donors (Lipinski definition) is 3. The first-order valence-electron chi connectivity index (χ1n) is 10.2. The second-order valence-electron chi connectivity index (χ2n) is 7.79. The van der Waals surface area contributed by atoms with Gasteiger partial charge in [-0.05, 0) is 62.4 Å². The second kappa shape index (κ2) is 10.1. The number of piperidine rings is 1. The smallest absolute Gasteiger partial charge is 0.414 e. The minimum atomic E-state index is -1.82. The van der Waals surface area contributed by atoms with Gasteiger partial charge in [-0.25, -0.2) is 9.59 Å². The number of aliphatic carboxylic acids is 2. The van der Waals surface area contributed by atoms with E-state index in [-0.39, 0.29) is 0 Å². The molecule has 1 aliphatic rings. The Morgan fingerprint density at radius 2 is 1.57 bits per heavy atom. The molecule has 0 saturated carbocycles. The minimum absolute atomic E-state index is 0.840. The first-order chi connectivity index (χ1) is 14.4. The molecule has 1 fully saturated rings. The molecule has 6 nitrogen and oxygen atoms in total. The summed E-state index contributed by atoms with van der Waals surface area (Å²) < 4.78 is 0. The lowest BCUT2D eigenvalue weighted by Gasteiger charge is -2.32. The molecular formula is C24H28N2O4. The Kier molecular flexibility index (Phi) is 7.25. The molecule has 0 amide bonds. The van der Waals surface area contributed by atoms with Gasteiger partial charge in [0.05, 0.1) is 0 Å². The van der Waals surface area contributed by atoms with Crippen molar-refractivity contribution in [2.75, 3.05) is 13.1 Å². The molecule has 6 heteroatoms. The van der Waals surface area contributed by atoms with Crippen LogP contribution in [0.25, 0.3) is 10.9 Å². The minimum Gasteiger partial charge on any atom is -0.473 e. The normalized spacial score (nSPS) is 14.8. The maximum Gasteiger partial charge on any atom is 0.414 e. The summed E-state index contributed by atoms with van der Waals surface area (Å²) >= 11 is 0. The molecule has 0 bridgehead atoms. The third-order valence-electron chi connectivity index (χ3n) is 5.67. The van der Waals surface area contributed by atoms with Gasteiger partial charge in [0.1, 0.15) is 0 Å². The highest BCUT2D eigenvalue weighted by Crippen LogP contribution is 2.27. The van der Waals surface area contributed by atoms with Crippen LogP contribution in [0, 0.1) is 12.8 Å². The fourth-order valence-corrected chi connectivity index (χ4v) is 4.06. The molecule has 1 saturated heterocycles. The summed E-state index contributed by atoms with van der Waals surface area (Å²) in [6.45, 7) is 5.72. The molecule has 0 aliphatic carbocycles. The average Bonchev–Trinajstić information content (AvgIpc) is 3.06. The quantitative estimate of drug-likeness (QED) is 0.566. The van der Waals surface area contributed by atoms with Crippen molar-refractivity contribution in [2.24, 2.45) is 5.92 Å². The summed E-state index contributed by atoms with van der Waals surface area (Å²) in [7, 11) is 0. The molecule has 30 heavy (non-hydrogen) atoms. The van der Waals surface area contributed by atoms with E-state index in [4.69, 9.17) is 19.8 Å². The maximum absolute atomic E-state index is 9.10. The second-order valence-corrected chi connectivity index (χ2v) is 7.79. The van der Waals surface area contributed by atoms with Gasteiger partial charge in [0.15, 0.2) is 0 Å². The number of carboxylic acid groups (broad SMARTS) is 2. The summed E-state index contributed by atoms with van der Waals surface area (Å²) in [5, 5.41) is 16.2. The maximum atomic E-state index is 9.10. The van der Waals surface area contributed by atoms with E-state index in [0.717, 1.165) is 12.5 Å². The molecule has 1 aromatic heterocycles. The number of hydrogen-bond acceptors (Lipinski definition) is 3. The van der Waals surface area contributed by atoms with E-state index in [2.05, 4.69) is 71.4 Å². The number of aromatic amines is 1. The lowest BCUT2D eigenvalue weighted by Crippen LogP contribution is -2.34. The Balaban J connectivity index is 0.000000377. The van der Waals surface area contributed by atoms with Gasteiger partial charge in [0, 0.05) is 23.1 Å². The number of rotatable bonds is 4. The number of benzene rings is 2. The summed E-state index contributed by atoms with van der Waals surface area (Å²) in [6.07, 6.45) is 3.87. The van der Waals surface area contributed by atoms with E-state index in [1.54, 1.807) is 0 Å². The van der Waals surface area contributed by atoms with Crippen LogP contribution >= 0.6 is 0 Å². The highest BCUT2D eigenvalue weighted by atomic mass is 16.4. The van der Waals surface area contributed by atoms with Gasteiger partial charge in [-0.2, -0.15) is 0 Å². The molecule has 3 aromatic rings. The topological polar surface area (TPSA) is 93.6 Å². The van der Waals surface area contributed by atoms with Crippen LogP contribution in [0.2, 0.25) is 0 Å². The van der Waals surface area contributed by atoms with Crippen LogP contribution in [0.5, 0.6) is 0 Å². The Hall–Kier alpha value is -3.12. The molecule has 1 aliphatic heterocycles. The van der Waals surface area contributed by atoms with E-state index in [9.17, 15) is 0 Å². The van der Waals surface area contributed by atoms with Gasteiger partial charge in [0.25, 0.3) is 0 Å². The van der Waals surface area contributed by atoms with Crippen molar-refractivity contribution in [1.29, 1.82) is 0 Å². The molecule has 0 unspecified atom stereocenters. The Bertz CT molecular complexity index is 977. The monoisotopic (exact) mass is 408 g/mol. The molecule has 2 heterocycles. The number of para-hydroxylation sites is 1. The number of H-pyrrole nitrogens is 1. The van der Waals surface area contributed by atoms with Gasteiger partial charge >= 0.3 is 11.9 Å². The van der Waals surface area contributed by atoms with E-state index in [1.807, 2.05) is 0 Å². The standard InChI is InChI=1S/C22H26N2.C2H2O4/c1-17-21(20-9-5-6-10-22(20)23-17)16-24-13-11-19(12-14-24)15-18-7-3-2-4-8-18;3-1(4)2(5)6/h2-10,19,23H,11-16H2,1H3;(H,3,4)(H,5,6). The van der Waals surface area contributed by atoms with Crippen molar-refractivity contribution in [2.45, 2.75) is 32.7 Å². The first-order valence-corrected chi connectivity index (χ1v) is 10.2. The van der Waals surface area contributed by atoms with Crippen LogP contribution in [0.4, 0.5) is 0 Å². The van der Waals surface area contributed by atoms with E-state index in [0.29, 0.717) is 0 Å². The SMILES string of the molecule is Cc1[nH]c2ccccc2c1CN1CCC(Cc2ccccc2)CC1.O=C(O)C(=O)O. The molecule has 158 valence electrons. The summed E-state index contributed by atoms with van der Waals surface area (Å²) in [5.41, 5.74) is 5.56. The van der Waals surface area contributed by atoms with Gasteiger partial charge in [-0.15, -0.1) is 0 Å². The fourth-order valence-electron chi connectivity index (χ4n) is 4.06. The number of carbonyl (C=O) groups is 2. The van der Waals surface area contributed by atoms with Crippen molar-refractivity contribution < 1.29 is 19.8 Å². The highest BCUT2D eigenvalue weighted by molar-refractivity contribution is 6.27. The number of aromatic nitrogens is 1. The van der Waals surface area contributed by atoms with Crippen LogP contribution < -0.4 is 0 Å². The lowest BCUT2D eigenvalue weighted by atomic mass is 9.90. The predicted molar refractivity (Wildman–Crippen MR) is 116 cm³/mol. The summed E-state index contributed by atoms with van der Waals surface area (Å²) in [4.78, 5) is 24.4. The molecule has 3 N–H and O–H groups in total. The number of fused-ring (bicyclic) bond motifs is 1. The Labute approximate surface area is 176 Å². The van der Waals surface area contributed by atoms with Crippen LogP contribution in [0.15, 0.2) is 54.6 Å². The Morgan fingerprint density at radius 3 is 2.20 bits per heavy atom. The zero-order valence-electron chi connectivity index (χ0n) is 17.2. The number of likely N-dealkylation sites (tertiary alicyclic amines) is 1. The van der Waals surface area contributed by atoms with Crippen LogP contribution in [-0.2, 0) is 22.6 Å². The van der Waals surface area contributed by atoms with Crippen molar-refractivity contribution in [3.63, 3.8) is 0 Å². The molecular weight excluding hydrogens is 380 g/mol. The summed E-state index contributed by atoms with van der Waals surface area (Å²) in [5.74, 6) is -2.81. The third kappa shape index (κ3) is 5.70. The lowest BCUT2D eigenvalue weighted by molar-refractivity contribution is -0.159. The largest absolute Gasteiger partial charge is 0.473 e. The molecule has 0 atom stereocenters. The van der Waals surface area contributed by atoms with Gasteiger partial charge in [0.2, 0.25) is 0 Å². The van der Waals surface area contributed by atoms with E-state index in [1.165, 1.54) is 60.1 Å². The zero-order valence-corrected chi connectivity index (χ0v) is 17.2. The van der Waals surface area contributed by atoms with E-state index >= 15 is 0 Å². The number of carboxylic acids is 2. The summed E-state index contributed by atoms with van der Waals surface area (Å²) in [6, 6.07) is 19.6. The fraction of sp³-hybridized carbons (Fsp3) is 0.333. The molecule has 0 radical (unpaired) electrons. The van der Waals surface area contributed by atoms with Gasteiger partial charge in [-0.1, -0.05) is 48.5 Å². The zero-order chi connectivity index (χ0) is 21.5. The van der Waals surface area contributed by atoms with Crippen LogP contribution in [0.1, 0.15) is 29.7 Å². The van der Waals surface area contributed by atoms with Crippen molar-refractivity contribution in [1.82, 2.24) is 9.88 Å². The van der Waals surface area contributed by atoms with Crippen molar-refractivity contribution in [3.05, 3.63) is 71.4 Å². The Morgan fingerprint density at radius 1 is 0.967 bits per heavy atom. The molecule has 0 spiro atoms. The number of nitrogens with one attached hydrogen (secondary N) is 1. The van der Waals surface area contributed by atoms with Crippen LogP contribution in [0.3, 0.4) is 0 Å². The van der Waals surface area contributed by atoms with Crippen molar-refractivity contribution >= 4 is 22.8 Å². The first kappa shape index (κ1) is 21.6. The third-order valence-corrected chi connectivity index (χ3v) is 5.67. The average molecular weight is 408 g/mol.